The second kappa shape index (κ2) is 11.0. The van der Waals surface area contributed by atoms with Crippen molar-refractivity contribution in [1.82, 2.24) is 4.57 Å². The van der Waals surface area contributed by atoms with Gasteiger partial charge in [0.25, 0.3) is 0 Å². The van der Waals surface area contributed by atoms with Gasteiger partial charge in [0.15, 0.2) is 0 Å². The molecule has 0 aliphatic rings. The number of rotatable bonds is 9. The molecule has 0 spiro atoms. The van der Waals surface area contributed by atoms with E-state index in [1.165, 1.54) is 30.3 Å². The third-order valence-electron chi connectivity index (χ3n) is 5.70. The van der Waals surface area contributed by atoms with E-state index in [0.717, 1.165) is 12.1 Å². The molecular weight excluding hydrogens is 542 g/mol. The van der Waals surface area contributed by atoms with E-state index in [2.05, 4.69) is 4.18 Å². The molecule has 0 saturated heterocycles. The molecule has 4 rings (SSSR count). The summed E-state index contributed by atoms with van der Waals surface area (Å²) < 4.78 is 92.6. The van der Waals surface area contributed by atoms with E-state index in [0.29, 0.717) is 29.0 Å². The number of aromatic nitrogens is 1. The van der Waals surface area contributed by atoms with Crippen LogP contribution in [0, 0.1) is 5.82 Å². The highest BCUT2D eigenvalue weighted by Crippen LogP contribution is 2.39. The molecule has 0 amide bonds. The fourth-order valence-electron chi connectivity index (χ4n) is 4.08. The van der Waals surface area contributed by atoms with E-state index < -0.39 is 33.2 Å². The zero-order valence-corrected chi connectivity index (χ0v) is 21.6. The van der Waals surface area contributed by atoms with Crippen molar-refractivity contribution in [3.05, 3.63) is 83.8 Å². The van der Waals surface area contributed by atoms with Crippen LogP contribution in [0.5, 0.6) is 11.5 Å². The van der Waals surface area contributed by atoms with Gasteiger partial charge in [-0.15, -0.1) is 0 Å². The average Bonchev–Trinajstić information content (AvgIpc) is 3.18. The van der Waals surface area contributed by atoms with Crippen LogP contribution in [0.25, 0.3) is 22.0 Å². The molecule has 0 unspecified atom stereocenters. The van der Waals surface area contributed by atoms with Gasteiger partial charge in [0, 0.05) is 23.0 Å². The Labute approximate surface area is 221 Å². The second-order valence-corrected chi connectivity index (χ2v) is 9.81. The lowest BCUT2D eigenvalue weighted by molar-refractivity contribution is -0.0500. The zero-order chi connectivity index (χ0) is 28.4. The number of hydrogen-bond donors (Lipinski definition) is 0. The number of hydrogen-bond acceptors (Lipinski definition) is 6. The molecule has 39 heavy (non-hydrogen) atoms. The molecule has 0 atom stereocenters. The van der Waals surface area contributed by atoms with Crippen LogP contribution < -0.4 is 8.92 Å². The van der Waals surface area contributed by atoms with Gasteiger partial charge in [0.2, 0.25) is 0 Å². The van der Waals surface area contributed by atoms with Crippen LogP contribution in [0.1, 0.15) is 29.9 Å². The Morgan fingerprint density at radius 1 is 0.897 bits per heavy atom. The standard InChI is InChI=1S/C27H23F4NO6S/c1-3-36-20-11-7-18(8-12-20)24-22-15-21(38-39(34,35)27(29,30)31)13-14-23(22)32(25(24)26(33)37-4-2)16-17-5-9-19(28)10-6-17/h5-15H,3-4,16H2,1-2H3. The molecule has 12 heteroatoms. The molecule has 0 fully saturated rings. The van der Waals surface area contributed by atoms with Crippen molar-refractivity contribution < 1.29 is 44.4 Å². The van der Waals surface area contributed by atoms with Gasteiger partial charge in [-0.2, -0.15) is 21.6 Å². The molecule has 206 valence electrons. The Bertz CT molecular complexity index is 1590. The summed E-state index contributed by atoms with van der Waals surface area (Å²) in [5, 5.41) is 0.235. The van der Waals surface area contributed by atoms with Gasteiger partial charge in [-0.3, -0.25) is 0 Å². The number of nitrogens with zero attached hydrogens (tertiary/aromatic N) is 1. The van der Waals surface area contributed by atoms with Crippen LogP contribution in [-0.4, -0.2) is 37.7 Å². The fourth-order valence-corrected chi connectivity index (χ4v) is 4.54. The third kappa shape index (κ3) is 5.85. The number of ether oxygens (including phenoxy) is 2. The summed E-state index contributed by atoms with van der Waals surface area (Å²) in [7, 11) is -5.94. The lowest BCUT2D eigenvalue weighted by Crippen LogP contribution is -2.28. The highest BCUT2D eigenvalue weighted by Gasteiger charge is 2.48. The van der Waals surface area contributed by atoms with Crippen molar-refractivity contribution in [2.24, 2.45) is 0 Å². The second-order valence-electron chi connectivity index (χ2n) is 8.28. The molecule has 0 N–H and O–H groups in total. The van der Waals surface area contributed by atoms with E-state index in [9.17, 15) is 30.8 Å². The quantitative estimate of drug-likeness (QED) is 0.103. The summed E-state index contributed by atoms with van der Waals surface area (Å²) in [5.74, 6) is -1.22. The first kappa shape index (κ1) is 28.0. The van der Waals surface area contributed by atoms with Crippen molar-refractivity contribution in [3.8, 4) is 22.6 Å². The maximum atomic E-state index is 13.5. The topological polar surface area (TPSA) is 83.8 Å². The van der Waals surface area contributed by atoms with Gasteiger partial charge in [0.1, 0.15) is 23.0 Å². The summed E-state index contributed by atoms with van der Waals surface area (Å²) in [6, 6.07) is 15.7. The van der Waals surface area contributed by atoms with E-state index in [-0.39, 0.29) is 29.8 Å². The van der Waals surface area contributed by atoms with Crippen molar-refractivity contribution in [1.29, 1.82) is 0 Å². The molecule has 0 aliphatic heterocycles. The smallest absolute Gasteiger partial charge is 0.494 e. The van der Waals surface area contributed by atoms with Crippen LogP contribution in [-0.2, 0) is 21.4 Å². The number of benzene rings is 3. The van der Waals surface area contributed by atoms with Crippen molar-refractivity contribution in [2.75, 3.05) is 13.2 Å². The maximum absolute atomic E-state index is 13.5. The SMILES string of the molecule is CCOC(=O)c1c(-c2ccc(OCC)cc2)c2cc(OS(=O)(=O)C(F)(F)F)ccc2n1Cc1ccc(F)cc1. The maximum Gasteiger partial charge on any atom is 0.534 e. The van der Waals surface area contributed by atoms with Crippen molar-refractivity contribution >= 4 is 27.0 Å². The Morgan fingerprint density at radius 3 is 2.13 bits per heavy atom. The Kier molecular flexibility index (Phi) is 7.86. The summed E-state index contributed by atoms with van der Waals surface area (Å²) in [4.78, 5) is 13.3. The Balaban J connectivity index is 1.99. The van der Waals surface area contributed by atoms with Gasteiger partial charge in [-0.25, -0.2) is 9.18 Å². The highest BCUT2D eigenvalue weighted by molar-refractivity contribution is 7.88. The zero-order valence-electron chi connectivity index (χ0n) is 20.8. The first-order chi connectivity index (χ1) is 18.4. The number of esters is 1. The third-order valence-corrected chi connectivity index (χ3v) is 6.68. The van der Waals surface area contributed by atoms with Gasteiger partial charge in [-0.05, 0) is 67.4 Å². The Morgan fingerprint density at radius 2 is 1.54 bits per heavy atom. The average molecular weight is 566 g/mol. The normalized spacial score (nSPS) is 11.9. The largest absolute Gasteiger partial charge is 0.534 e. The number of carbonyl (C=O) groups is 1. The number of alkyl halides is 3. The van der Waals surface area contributed by atoms with Crippen LogP contribution in [0.4, 0.5) is 17.6 Å². The fraction of sp³-hybridized carbons (Fsp3) is 0.222. The molecule has 1 heterocycles. The lowest BCUT2D eigenvalue weighted by atomic mass is 10.0. The molecule has 7 nitrogen and oxygen atoms in total. The number of halogens is 4. The van der Waals surface area contributed by atoms with Crippen molar-refractivity contribution in [2.45, 2.75) is 25.9 Å². The van der Waals surface area contributed by atoms with Crippen molar-refractivity contribution in [3.63, 3.8) is 0 Å². The van der Waals surface area contributed by atoms with Gasteiger partial charge >= 0.3 is 21.6 Å². The van der Waals surface area contributed by atoms with Gasteiger partial charge in [-0.1, -0.05) is 24.3 Å². The van der Waals surface area contributed by atoms with Gasteiger partial charge in [0.05, 0.1) is 13.2 Å². The van der Waals surface area contributed by atoms with E-state index in [1.54, 1.807) is 35.8 Å². The van der Waals surface area contributed by atoms with E-state index >= 15 is 0 Å². The summed E-state index contributed by atoms with van der Waals surface area (Å²) >= 11 is 0. The molecule has 3 aromatic carbocycles. The minimum absolute atomic E-state index is 0.0395. The predicted molar refractivity (Wildman–Crippen MR) is 136 cm³/mol. The molecule has 4 aromatic rings. The molecule has 0 radical (unpaired) electrons. The molecule has 0 saturated carbocycles. The summed E-state index contributed by atoms with van der Waals surface area (Å²) in [5.41, 5.74) is -3.80. The first-order valence-corrected chi connectivity index (χ1v) is 13.2. The van der Waals surface area contributed by atoms with Crippen LogP contribution >= 0.6 is 0 Å². The first-order valence-electron chi connectivity index (χ1n) is 11.8. The van der Waals surface area contributed by atoms with E-state index in [4.69, 9.17) is 9.47 Å². The minimum Gasteiger partial charge on any atom is -0.494 e. The van der Waals surface area contributed by atoms with Crippen LogP contribution in [0.2, 0.25) is 0 Å². The van der Waals surface area contributed by atoms with Gasteiger partial charge < -0.3 is 18.2 Å². The minimum atomic E-state index is -5.94. The summed E-state index contributed by atoms with van der Waals surface area (Å²) in [6.07, 6.45) is 0. The van der Waals surface area contributed by atoms with Crippen LogP contribution in [0.3, 0.4) is 0 Å². The molecular formula is C27H23F4NO6S. The van der Waals surface area contributed by atoms with Crippen LogP contribution in [0.15, 0.2) is 66.7 Å². The monoisotopic (exact) mass is 565 g/mol. The molecule has 1 aromatic heterocycles. The summed E-state index contributed by atoms with van der Waals surface area (Å²) in [6.45, 7) is 3.96. The lowest BCUT2D eigenvalue weighted by Gasteiger charge is -2.12. The highest BCUT2D eigenvalue weighted by atomic mass is 32.2. The van der Waals surface area contributed by atoms with E-state index in [1.807, 2.05) is 6.92 Å². The molecule has 0 bridgehead atoms. The Hall–Kier alpha value is -4.06. The number of carbonyl (C=O) groups excluding carboxylic acids is 1. The number of fused-ring (bicyclic) bond motifs is 1. The molecule has 0 aliphatic carbocycles. The predicted octanol–water partition coefficient (Wildman–Crippen LogP) is 6.30.